The maximum absolute atomic E-state index is 12.9. The van der Waals surface area contributed by atoms with Crippen LogP contribution in [0.1, 0.15) is 28.4 Å². The van der Waals surface area contributed by atoms with Crippen molar-refractivity contribution in [2.24, 2.45) is 4.99 Å². The lowest BCUT2D eigenvalue weighted by Gasteiger charge is -2.12. The normalized spacial score (nSPS) is 10.7. The van der Waals surface area contributed by atoms with Gasteiger partial charge in [-0.3, -0.25) is 4.99 Å². The zero-order valence-electron chi connectivity index (χ0n) is 15.5. The first-order chi connectivity index (χ1) is 12.6. The van der Waals surface area contributed by atoms with E-state index in [4.69, 9.17) is 4.74 Å². The smallest absolute Gasteiger partial charge is 0.338 e. The van der Waals surface area contributed by atoms with Gasteiger partial charge in [0.25, 0.3) is 0 Å². The Morgan fingerprint density at radius 1 is 1.04 bits per heavy atom. The van der Waals surface area contributed by atoms with E-state index in [1.54, 1.807) is 38.2 Å². The summed E-state index contributed by atoms with van der Waals surface area (Å²) in [5.74, 6) is 0.139. The number of esters is 1. The highest BCUT2D eigenvalue weighted by Crippen LogP contribution is 2.06. The molecule has 2 aromatic rings. The van der Waals surface area contributed by atoms with Gasteiger partial charge in [-0.1, -0.05) is 24.3 Å². The van der Waals surface area contributed by atoms with Crippen molar-refractivity contribution in [1.82, 2.24) is 10.6 Å². The summed E-state index contributed by atoms with van der Waals surface area (Å²) in [7, 11) is 1.71. The quantitative estimate of drug-likeness (QED) is 0.273. The van der Waals surface area contributed by atoms with Gasteiger partial charge in [0.15, 0.2) is 5.96 Å². The van der Waals surface area contributed by atoms with Crippen molar-refractivity contribution < 1.29 is 13.9 Å². The molecule has 0 radical (unpaired) electrons. The number of carbonyl (C=O) groups is 1. The molecule has 0 atom stereocenters. The highest BCUT2D eigenvalue weighted by molar-refractivity contribution is 14.0. The number of guanidine groups is 1. The van der Waals surface area contributed by atoms with Crippen LogP contribution in [0, 0.1) is 5.82 Å². The number of benzene rings is 2. The molecule has 0 bridgehead atoms. The number of ether oxygens (including phenoxy) is 1. The third-order valence-electron chi connectivity index (χ3n) is 3.77. The Morgan fingerprint density at radius 2 is 1.67 bits per heavy atom. The lowest BCUT2D eigenvalue weighted by atomic mass is 10.1. The number of rotatable bonds is 7. The van der Waals surface area contributed by atoms with Crippen LogP contribution in [0.4, 0.5) is 4.39 Å². The number of nitrogens with one attached hydrogen (secondary N) is 2. The second-order valence-electron chi connectivity index (χ2n) is 5.65. The van der Waals surface area contributed by atoms with Crippen LogP contribution < -0.4 is 10.6 Å². The van der Waals surface area contributed by atoms with Crippen molar-refractivity contribution in [2.45, 2.75) is 19.9 Å². The minimum absolute atomic E-state index is 0. The molecule has 0 unspecified atom stereocenters. The number of hydrogen-bond acceptors (Lipinski definition) is 3. The summed E-state index contributed by atoms with van der Waals surface area (Å²) < 4.78 is 17.9. The van der Waals surface area contributed by atoms with Gasteiger partial charge in [0.2, 0.25) is 0 Å². The van der Waals surface area contributed by atoms with Crippen LogP contribution in [-0.2, 0) is 17.7 Å². The Labute approximate surface area is 176 Å². The van der Waals surface area contributed by atoms with Gasteiger partial charge in [-0.05, 0) is 48.7 Å². The van der Waals surface area contributed by atoms with E-state index >= 15 is 0 Å². The average Bonchev–Trinajstić information content (AvgIpc) is 2.66. The zero-order chi connectivity index (χ0) is 18.8. The molecule has 0 aliphatic carbocycles. The van der Waals surface area contributed by atoms with Crippen molar-refractivity contribution in [3.63, 3.8) is 0 Å². The topological polar surface area (TPSA) is 62.7 Å². The predicted octanol–water partition coefficient (Wildman–Crippen LogP) is 3.53. The minimum Gasteiger partial charge on any atom is -0.462 e. The highest BCUT2D eigenvalue weighted by atomic mass is 127. The Kier molecular flexibility index (Phi) is 10.4. The first-order valence-corrected chi connectivity index (χ1v) is 8.57. The third kappa shape index (κ3) is 7.94. The number of halogens is 2. The van der Waals surface area contributed by atoms with E-state index in [1.807, 2.05) is 12.1 Å². The van der Waals surface area contributed by atoms with Gasteiger partial charge in [-0.25, -0.2) is 9.18 Å². The molecule has 146 valence electrons. The highest BCUT2D eigenvalue weighted by Gasteiger charge is 2.06. The van der Waals surface area contributed by atoms with Crippen molar-refractivity contribution in [1.29, 1.82) is 0 Å². The maximum atomic E-state index is 12.9. The Morgan fingerprint density at radius 3 is 2.26 bits per heavy atom. The fourth-order valence-corrected chi connectivity index (χ4v) is 2.36. The molecule has 0 saturated heterocycles. The van der Waals surface area contributed by atoms with Crippen molar-refractivity contribution in [3.05, 3.63) is 71.0 Å². The SMILES string of the molecule is CCOC(=O)c1ccc(CNC(=NC)NCCc2ccc(F)cc2)cc1.I. The lowest BCUT2D eigenvalue weighted by Crippen LogP contribution is -2.37. The molecule has 0 fully saturated rings. The van der Waals surface area contributed by atoms with Crippen molar-refractivity contribution >= 4 is 35.9 Å². The molecule has 2 aromatic carbocycles. The number of hydrogen-bond donors (Lipinski definition) is 2. The van der Waals surface area contributed by atoms with E-state index in [0.717, 1.165) is 17.5 Å². The molecule has 0 aliphatic heterocycles. The molecule has 0 aliphatic rings. The Bertz CT molecular complexity index is 734. The molecule has 0 heterocycles. The van der Waals surface area contributed by atoms with Crippen LogP contribution in [0.15, 0.2) is 53.5 Å². The van der Waals surface area contributed by atoms with E-state index in [9.17, 15) is 9.18 Å². The number of aliphatic imine (C=N–C) groups is 1. The summed E-state index contributed by atoms with van der Waals surface area (Å²) in [5, 5.41) is 6.44. The van der Waals surface area contributed by atoms with Gasteiger partial charge in [-0.15, -0.1) is 24.0 Å². The Hall–Kier alpha value is -2.16. The fourth-order valence-electron chi connectivity index (χ4n) is 2.36. The van der Waals surface area contributed by atoms with Gasteiger partial charge in [-0.2, -0.15) is 0 Å². The molecule has 2 rings (SSSR count). The molecule has 0 aromatic heterocycles. The molecule has 2 N–H and O–H groups in total. The summed E-state index contributed by atoms with van der Waals surface area (Å²) >= 11 is 0. The Balaban J connectivity index is 0.00000364. The first kappa shape index (κ1) is 22.9. The van der Waals surface area contributed by atoms with E-state index in [2.05, 4.69) is 15.6 Å². The summed E-state index contributed by atoms with van der Waals surface area (Å²) in [5.41, 5.74) is 2.63. The summed E-state index contributed by atoms with van der Waals surface area (Å²) in [6.45, 7) is 3.42. The van der Waals surface area contributed by atoms with Gasteiger partial charge >= 0.3 is 5.97 Å². The standard InChI is InChI=1S/C20H24FN3O2.HI/c1-3-26-19(25)17-8-4-16(5-9-17)14-24-20(22-2)23-13-12-15-6-10-18(21)11-7-15;/h4-11H,3,12-14H2,1-2H3,(H2,22,23,24);1H. The molecular weight excluding hydrogens is 460 g/mol. The van der Waals surface area contributed by atoms with Gasteiger partial charge in [0, 0.05) is 20.1 Å². The largest absolute Gasteiger partial charge is 0.462 e. The molecule has 0 spiro atoms. The predicted molar refractivity (Wildman–Crippen MR) is 116 cm³/mol. The molecule has 0 saturated carbocycles. The second kappa shape index (κ2) is 12.3. The molecule has 27 heavy (non-hydrogen) atoms. The van der Waals surface area contributed by atoms with Crippen molar-refractivity contribution in [2.75, 3.05) is 20.2 Å². The van der Waals surface area contributed by atoms with Gasteiger partial charge < -0.3 is 15.4 Å². The third-order valence-corrected chi connectivity index (χ3v) is 3.77. The number of nitrogens with zero attached hydrogens (tertiary/aromatic N) is 1. The lowest BCUT2D eigenvalue weighted by molar-refractivity contribution is 0.0526. The van der Waals surface area contributed by atoms with E-state index in [-0.39, 0.29) is 35.8 Å². The van der Waals surface area contributed by atoms with Crippen LogP contribution in [0.5, 0.6) is 0 Å². The van der Waals surface area contributed by atoms with E-state index in [1.165, 1.54) is 12.1 Å². The first-order valence-electron chi connectivity index (χ1n) is 8.57. The molecule has 7 heteroatoms. The number of carbonyl (C=O) groups excluding carboxylic acids is 1. The van der Waals surface area contributed by atoms with Crippen LogP contribution in [0.2, 0.25) is 0 Å². The summed E-state index contributed by atoms with van der Waals surface area (Å²) in [4.78, 5) is 15.8. The van der Waals surface area contributed by atoms with Crippen molar-refractivity contribution in [3.8, 4) is 0 Å². The second-order valence-corrected chi connectivity index (χ2v) is 5.65. The molecule has 5 nitrogen and oxygen atoms in total. The monoisotopic (exact) mass is 485 g/mol. The molecular formula is C20H25FIN3O2. The average molecular weight is 485 g/mol. The van der Waals surface area contributed by atoms with Crippen LogP contribution in [-0.4, -0.2) is 32.1 Å². The van der Waals surface area contributed by atoms with Gasteiger partial charge in [0.05, 0.1) is 12.2 Å². The molecule has 0 amide bonds. The summed E-state index contributed by atoms with van der Waals surface area (Å²) in [6, 6.07) is 13.7. The maximum Gasteiger partial charge on any atom is 0.338 e. The van der Waals surface area contributed by atoms with Crippen LogP contribution >= 0.6 is 24.0 Å². The summed E-state index contributed by atoms with van der Waals surface area (Å²) in [6.07, 6.45) is 0.773. The van der Waals surface area contributed by atoms with E-state index < -0.39 is 0 Å². The fraction of sp³-hybridized carbons (Fsp3) is 0.300. The van der Waals surface area contributed by atoms with E-state index in [0.29, 0.717) is 31.2 Å². The van der Waals surface area contributed by atoms with Crippen LogP contribution in [0.3, 0.4) is 0 Å². The zero-order valence-corrected chi connectivity index (χ0v) is 17.8. The van der Waals surface area contributed by atoms with Crippen LogP contribution in [0.25, 0.3) is 0 Å². The minimum atomic E-state index is -0.315. The van der Waals surface area contributed by atoms with Gasteiger partial charge in [0.1, 0.15) is 5.82 Å².